The van der Waals surface area contributed by atoms with Crippen LogP contribution in [-0.4, -0.2) is 106 Å². The molecule has 4 unspecified atom stereocenters. The van der Waals surface area contributed by atoms with Crippen molar-refractivity contribution in [3.05, 3.63) is 35.0 Å². The maximum Gasteiger partial charge on any atom is 0.278 e. The molecule has 4 radical (unpaired) electrons. The lowest BCUT2D eigenvalue weighted by atomic mass is 10.1. The minimum atomic E-state index is -4.63. The van der Waals surface area contributed by atoms with Crippen LogP contribution in [0.5, 0.6) is 0 Å². The molecule has 23 heteroatoms. The summed E-state index contributed by atoms with van der Waals surface area (Å²) in [4.78, 5) is 42.5. The number of nitrogens with one attached hydrogen (secondary N) is 1. The largest absolute Gasteiger partial charge is 0.346 e. The number of imidazole rings is 2. The lowest BCUT2D eigenvalue weighted by molar-refractivity contribution is -0.0551. The van der Waals surface area contributed by atoms with Crippen molar-refractivity contribution in [2.45, 2.75) is 55.6 Å². The SMILES string of the molecule is [B]P1(=O)OC[C@H]2O[C@@H](n3cnc4c(=O)[nH]cnc43)C(F)[C@H]2OP([B])(=O)OC[C@H]2O[C@@H](n3cnc4c3N=CCC4=O)[C@@H](F)C2O1. The molecule has 3 fully saturated rings. The molecule has 0 spiro atoms. The molecule has 10 atom stereocenters. The highest BCUT2D eigenvalue weighted by atomic mass is 31.2. The van der Waals surface area contributed by atoms with Gasteiger partial charge in [0.2, 0.25) is 15.1 Å². The number of aromatic nitrogens is 6. The third kappa shape index (κ3) is 5.14. The van der Waals surface area contributed by atoms with Crippen molar-refractivity contribution in [3.63, 3.8) is 0 Å². The smallest absolute Gasteiger partial charge is 0.278 e. The van der Waals surface area contributed by atoms with Gasteiger partial charge in [0.05, 0.1) is 32.2 Å². The first kappa shape index (κ1) is 29.8. The van der Waals surface area contributed by atoms with Crippen molar-refractivity contribution in [1.29, 1.82) is 0 Å². The Bertz CT molecular complexity index is 1820. The Hall–Kier alpha value is -2.89. The molecule has 4 aliphatic heterocycles. The van der Waals surface area contributed by atoms with Crippen molar-refractivity contribution in [2.75, 3.05) is 13.2 Å². The Morgan fingerprint density at radius 1 is 0.886 bits per heavy atom. The number of hydrogen-bond donors (Lipinski definition) is 1. The number of aliphatic imine (C=N–C) groups is 1. The number of hydrogen-bond acceptors (Lipinski definition) is 14. The van der Waals surface area contributed by atoms with Crippen molar-refractivity contribution in [3.8, 4) is 0 Å². The number of ketones is 1. The third-order valence-corrected chi connectivity index (χ3v) is 9.44. The Kier molecular flexibility index (Phi) is 7.37. The summed E-state index contributed by atoms with van der Waals surface area (Å²) in [7, 11) is 2.32. The number of alkyl halides is 2. The van der Waals surface area contributed by atoms with Gasteiger partial charge in [0, 0.05) is 12.6 Å². The van der Waals surface area contributed by atoms with E-state index in [0.29, 0.717) is 0 Å². The number of nitrogens with zero attached hydrogens (tertiary/aromatic N) is 6. The molecule has 3 aromatic heterocycles. The topological polar surface area (TPSA) is 200 Å². The van der Waals surface area contributed by atoms with E-state index in [1.54, 1.807) is 0 Å². The molecule has 0 bridgehead atoms. The van der Waals surface area contributed by atoms with Gasteiger partial charge in [-0.1, -0.05) is 0 Å². The number of carbonyl (C=O) groups excluding carboxylic acids is 1. The monoisotopic (exact) mass is 651 g/mol. The van der Waals surface area contributed by atoms with Gasteiger partial charge in [-0.2, -0.15) is 0 Å². The molecule has 0 aromatic carbocycles. The molecule has 0 aliphatic carbocycles. The number of fused-ring (bicyclic) bond motifs is 4. The van der Waals surface area contributed by atoms with Crippen molar-refractivity contribution >= 4 is 59.1 Å². The van der Waals surface area contributed by atoms with Gasteiger partial charge in [-0.15, -0.1) is 0 Å². The van der Waals surface area contributed by atoms with Crippen LogP contribution in [0, 0.1) is 0 Å². The van der Waals surface area contributed by atoms with E-state index in [1.807, 2.05) is 0 Å². The molecule has 0 amide bonds. The fourth-order valence-corrected chi connectivity index (χ4v) is 7.35. The summed E-state index contributed by atoms with van der Waals surface area (Å²) >= 11 is 0. The van der Waals surface area contributed by atoms with Crippen LogP contribution in [-0.2, 0) is 36.7 Å². The van der Waals surface area contributed by atoms with Crippen LogP contribution in [0.2, 0.25) is 0 Å². The number of aromatic amines is 1. The zero-order valence-electron chi connectivity index (χ0n) is 22.1. The van der Waals surface area contributed by atoms with E-state index < -0.39 is 82.9 Å². The molecular formula is C21H19B2F2N7O10P2. The van der Waals surface area contributed by atoms with Gasteiger partial charge < -0.3 is 32.6 Å². The lowest BCUT2D eigenvalue weighted by Crippen LogP contribution is -2.37. The van der Waals surface area contributed by atoms with Gasteiger partial charge in [0.25, 0.3) is 20.5 Å². The maximum absolute atomic E-state index is 15.9. The number of rotatable bonds is 2. The Morgan fingerprint density at radius 3 is 2.11 bits per heavy atom. The minimum Gasteiger partial charge on any atom is -0.346 e. The van der Waals surface area contributed by atoms with E-state index >= 15 is 8.78 Å². The predicted molar refractivity (Wildman–Crippen MR) is 143 cm³/mol. The third-order valence-electron chi connectivity index (χ3n) is 7.34. The van der Waals surface area contributed by atoms with E-state index in [9.17, 15) is 18.7 Å². The molecule has 0 saturated carbocycles. The quantitative estimate of drug-likeness (QED) is 0.306. The van der Waals surface area contributed by atoms with Crippen molar-refractivity contribution < 1.29 is 50.3 Å². The van der Waals surface area contributed by atoms with Crippen LogP contribution < -0.4 is 5.56 Å². The van der Waals surface area contributed by atoms with Gasteiger partial charge in [-0.05, 0) is 0 Å². The normalized spacial score (nSPS) is 39.4. The van der Waals surface area contributed by atoms with E-state index in [0.717, 1.165) is 28.1 Å². The molecule has 17 nitrogen and oxygen atoms in total. The summed E-state index contributed by atoms with van der Waals surface area (Å²) in [5.74, 6) is -0.326. The fraction of sp³-hybridized carbons (Fsp3) is 0.524. The molecule has 44 heavy (non-hydrogen) atoms. The number of Topliss-reactive ketones (excluding diaryl/α,β-unsaturated/α-hetero) is 1. The zero-order valence-corrected chi connectivity index (χ0v) is 23.9. The molecule has 7 heterocycles. The Labute approximate surface area is 247 Å². The molecule has 4 aliphatic rings. The summed E-state index contributed by atoms with van der Waals surface area (Å²) in [6, 6.07) is 0. The minimum absolute atomic E-state index is 0.00376. The predicted octanol–water partition coefficient (Wildman–Crippen LogP) is 1.15. The summed E-state index contributed by atoms with van der Waals surface area (Å²) in [6.45, 7) is -1.52. The molecule has 1 N–H and O–H groups in total. The second-order valence-electron chi connectivity index (χ2n) is 10.1. The van der Waals surface area contributed by atoms with Crippen LogP contribution >= 0.6 is 14.9 Å². The molecule has 3 aromatic rings. The van der Waals surface area contributed by atoms with E-state index in [1.165, 1.54) is 6.21 Å². The maximum atomic E-state index is 15.9. The number of ether oxygens (including phenoxy) is 2. The van der Waals surface area contributed by atoms with E-state index in [-0.39, 0.29) is 34.9 Å². The summed E-state index contributed by atoms with van der Waals surface area (Å²) in [5, 5.41) is 0. The van der Waals surface area contributed by atoms with E-state index in [2.05, 4.69) is 24.9 Å². The standard InChI is InChI=1S/C21H19B2F2N7O10P2/c22-43(35)38-4-10-16(12(25)21(40-10)32-7-30-14-18(32)27-5-28-19(14)34)42-44(23,36)37-3-9-15(41-43)11(24)20(39-9)31-6-29-13-8(33)1-2-26-17(13)31/h2,5-7,9-12,15-16,20-21H,1,3-4H2,(H,27,28,34)/t9-,10-,11+,12?,15?,16+,20-,21-,43?,44?/m1/s1. The lowest BCUT2D eigenvalue weighted by Gasteiger charge is -2.29. The average molecular weight is 651 g/mol. The summed E-state index contributed by atoms with van der Waals surface area (Å²) in [5.41, 5.74) is -0.748. The molecular weight excluding hydrogens is 632 g/mol. The molecule has 7 rings (SSSR count). The fourth-order valence-electron chi connectivity index (χ4n) is 5.34. The Balaban J connectivity index is 1.16. The Morgan fingerprint density at radius 2 is 1.48 bits per heavy atom. The van der Waals surface area contributed by atoms with Gasteiger partial charge in [-0.25, -0.2) is 28.7 Å². The second-order valence-corrected chi connectivity index (χ2v) is 13.2. The van der Waals surface area contributed by atoms with Gasteiger partial charge in [0.1, 0.15) is 24.4 Å². The highest BCUT2D eigenvalue weighted by molar-refractivity contribution is 7.79. The first-order chi connectivity index (χ1) is 20.9. The van der Waals surface area contributed by atoms with Crippen LogP contribution in [0.25, 0.3) is 11.2 Å². The van der Waals surface area contributed by atoms with Crippen molar-refractivity contribution in [1.82, 2.24) is 29.1 Å². The number of halogens is 2. The van der Waals surface area contributed by atoms with Crippen LogP contribution in [0.3, 0.4) is 0 Å². The summed E-state index contributed by atoms with van der Waals surface area (Å²) < 4.78 is 93.1. The van der Waals surface area contributed by atoms with Crippen molar-refractivity contribution in [2.24, 2.45) is 4.99 Å². The molecule has 228 valence electrons. The zero-order chi connectivity index (χ0) is 31.0. The van der Waals surface area contributed by atoms with Crippen LogP contribution in [0.15, 0.2) is 28.8 Å². The first-order valence-electron chi connectivity index (χ1n) is 13.0. The highest BCUT2D eigenvalue weighted by Crippen LogP contribution is 2.54. The molecule has 3 saturated heterocycles. The van der Waals surface area contributed by atoms with Gasteiger partial charge in [-0.3, -0.25) is 27.9 Å². The highest BCUT2D eigenvalue weighted by Gasteiger charge is 2.54. The first-order valence-corrected chi connectivity index (χ1v) is 16.2. The van der Waals surface area contributed by atoms with E-state index in [4.69, 9.17) is 42.7 Å². The van der Waals surface area contributed by atoms with Gasteiger partial charge in [0.15, 0.2) is 53.3 Å². The van der Waals surface area contributed by atoms with Crippen LogP contribution in [0.4, 0.5) is 14.6 Å². The number of carbonyl (C=O) groups is 1. The van der Waals surface area contributed by atoms with Crippen LogP contribution in [0.1, 0.15) is 29.4 Å². The van der Waals surface area contributed by atoms with Gasteiger partial charge >= 0.3 is 0 Å². The summed E-state index contributed by atoms with van der Waals surface area (Å²) in [6.07, 6.45) is -9.07. The average Bonchev–Trinajstić information content (AvgIpc) is 3.73. The second kappa shape index (κ2) is 10.9. The number of H-pyrrole nitrogens is 1.